The molecule has 0 aliphatic heterocycles. The summed E-state index contributed by atoms with van der Waals surface area (Å²) in [5, 5.41) is 9.78. The molecule has 9 rings (SSSR count). The lowest BCUT2D eigenvalue weighted by Crippen LogP contribution is -1.95. The van der Waals surface area contributed by atoms with Gasteiger partial charge in [0.25, 0.3) is 0 Å². The Bertz CT molecular complexity index is 2420. The van der Waals surface area contributed by atoms with Gasteiger partial charge in [-0.3, -0.25) is 0 Å². The smallest absolute Gasteiger partial charge is 0.160 e. The number of para-hydroxylation sites is 2. The zero-order chi connectivity index (χ0) is 26.2. The number of nitrogens with zero attached hydrogens (tertiary/aromatic N) is 1. The minimum atomic E-state index is 0.911. The van der Waals surface area contributed by atoms with Gasteiger partial charge in [-0.1, -0.05) is 115 Å². The lowest BCUT2D eigenvalue weighted by Gasteiger charge is -2.12. The van der Waals surface area contributed by atoms with Crippen LogP contribution in [0.5, 0.6) is 0 Å². The fraction of sp³-hybridized carbons (Fsp3) is 0. The minimum absolute atomic E-state index is 0.911. The Morgan fingerprint density at radius 3 is 2.08 bits per heavy atom. The van der Waals surface area contributed by atoms with Crippen molar-refractivity contribution >= 4 is 65.3 Å². The van der Waals surface area contributed by atoms with Gasteiger partial charge in [-0.2, -0.15) is 0 Å². The standard InChI is InChI=1S/C38H23NO/c1-2-11-24(12-3-1)26-14-10-15-27(23-26)39-32-19-8-6-17-29(32)35-31-22-21-25-13-4-5-16-28(25)34(31)36-30-18-7-9-20-33(30)40-38(36)37(35)39/h1-23H. The molecule has 7 aromatic carbocycles. The summed E-state index contributed by atoms with van der Waals surface area (Å²) in [5.74, 6) is 0. The van der Waals surface area contributed by atoms with Crippen molar-refractivity contribution in [2.24, 2.45) is 0 Å². The highest BCUT2D eigenvalue weighted by atomic mass is 16.3. The van der Waals surface area contributed by atoms with Gasteiger partial charge in [0.2, 0.25) is 0 Å². The van der Waals surface area contributed by atoms with Crippen LogP contribution in [-0.2, 0) is 0 Å². The van der Waals surface area contributed by atoms with Gasteiger partial charge in [-0.25, -0.2) is 0 Å². The van der Waals surface area contributed by atoms with E-state index in [2.05, 4.69) is 144 Å². The van der Waals surface area contributed by atoms with E-state index in [0.717, 1.165) is 27.8 Å². The summed E-state index contributed by atoms with van der Waals surface area (Å²) in [5.41, 5.74) is 7.64. The summed E-state index contributed by atoms with van der Waals surface area (Å²) in [6.45, 7) is 0. The molecule has 2 aromatic heterocycles. The van der Waals surface area contributed by atoms with Gasteiger partial charge in [-0.15, -0.1) is 0 Å². The number of rotatable bonds is 2. The number of furan rings is 1. The van der Waals surface area contributed by atoms with Gasteiger partial charge in [0.15, 0.2) is 5.58 Å². The summed E-state index contributed by atoms with van der Waals surface area (Å²) < 4.78 is 9.21. The second-order valence-corrected chi connectivity index (χ2v) is 10.5. The Hall–Kier alpha value is -5.34. The summed E-state index contributed by atoms with van der Waals surface area (Å²) in [6, 6.07) is 49.9. The lowest BCUT2D eigenvalue weighted by atomic mass is 9.94. The fourth-order valence-corrected chi connectivity index (χ4v) is 6.66. The summed E-state index contributed by atoms with van der Waals surface area (Å²) in [6.07, 6.45) is 0. The van der Waals surface area contributed by atoms with Gasteiger partial charge >= 0.3 is 0 Å². The van der Waals surface area contributed by atoms with Crippen LogP contribution in [0.4, 0.5) is 0 Å². The van der Waals surface area contributed by atoms with Crippen molar-refractivity contribution in [3.63, 3.8) is 0 Å². The third-order valence-electron chi connectivity index (χ3n) is 8.35. The molecule has 0 fully saturated rings. The zero-order valence-electron chi connectivity index (χ0n) is 21.6. The van der Waals surface area contributed by atoms with E-state index in [0.29, 0.717) is 0 Å². The number of hydrogen-bond donors (Lipinski definition) is 0. The molecule has 0 amide bonds. The van der Waals surface area contributed by atoms with Crippen LogP contribution in [0.2, 0.25) is 0 Å². The maximum atomic E-state index is 6.81. The Morgan fingerprint density at radius 1 is 0.450 bits per heavy atom. The zero-order valence-corrected chi connectivity index (χ0v) is 21.6. The van der Waals surface area contributed by atoms with E-state index >= 15 is 0 Å². The van der Waals surface area contributed by atoms with Crippen molar-refractivity contribution in [1.82, 2.24) is 4.57 Å². The Kier molecular flexibility index (Phi) is 4.36. The van der Waals surface area contributed by atoms with E-state index in [-0.39, 0.29) is 0 Å². The van der Waals surface area contributed by atoms with Crippen LogP contribution < -0.4 is 0 Å². The molecule has 0 spiro atoms. The molecule has 0 unspecified atom stereocenters. The first-order chi connectivity index (χ1) is 19.9. The summed E-state index contributed by atoms with van der Waals surface area (Å²) in [7, 11) is 0. The molecular weight excluding hydrogens is 486 g/mol. The van der Waals surface area contributed by atoms with E-state index < -0.39 is 0 Å². The summed E-state index contributed by atoms with van der Waals surface area (Å²) >= 11 is 0. The molecule has 0 N–H and O–H groups in total. The van der Waals surface area contributed by atoms with E-state index in [9.17, 15) is 0 Å². The maximum absolute atomic E-state index is 6.81. The van der Waals surface area contributed by atoms with Crippen molar-refractivity contribution in [2.75, 3.05) is 0 Å². The fourth-order valence-electron chi connectivity index (χ4n) is 6.66. The van der Waals surface area contributed by atoms with Crippen LogP contribution in [-0.4, -0.2) is 4.57 Å². The minimum Gasteiger partial charge on any atom is -0.454 e. The van der Waals surface area contributed by atoms with Gasteiger partial charge < -0.3 is 8.98 Å². The van der Waals surface area contributed by atoms with Crippen LogP contribution >= 0.6 is 0 Å². The highest BCUT2D eigenvalue weighted by Gasteiger charge is 2.23. The number of aromatic nitrogens is 1. The Morgan fingerprint density at radius 2 is 1.18 bits per heavy atom. The number of fused-ring (bicyclic) bond motifs is 12. The normalized spacial score (nSPS) is 12.0. The van der Waals surface area contributed by atoms with Crippen LogP contribution in [0.3, 0.4) is 0 Å². The molecule has 0 aliphatic carbocycles. The first kappa shape index (κ1) is 21.6. The molecule has 0 atom stereocenters. The first-order valence-corrected chi connectivity index (χ1v) is 13.7. The first-order valence-electron chi connectivity index (χ1n) is 13.7. The molecule has 0 saturated heterocycles. The molecule has 0 bridgehead atoms. The van der Waals surface area contributed by atoms with Crippen molar-refractivity contribution in [2.45, 2.75) is 0 Å². The molecule has 0 radical (unpaired) electrons. The van der Waals surface area contributed by atoms with Crippen molar-refractivity contribution in [1.29, 1.82) is 0 Å². The molecule has 186 valence electrons. The topological polar surface area (TPSA) is 18.1 Å². The average molecular weight is 510 g/mol. The quantitative estimate of drug-likeness (QED) is 0.212. The third-order valence-corrected chi connectivity index (χ3v) is 8.35. The predicted octanol–water partition coefficient (Wildman–Crippen LogP) is 10.7. The molecule has 0 saturated carbocycles. The lowest BCUT2D eigenvalue weighted by molar-refractivity contribution is 0.671. The van der Waals surface area contributed by atoms with E-state index in [4.69, 9.17) is 4.42 Å². The van der Waals surface area contributed by atoms with E-state index in [1.54, 1.807) is 0 Å². The van der Waals surface area contributed by atoms with Crippen molar-refractivity contribution in [3.05, 3.63) is 140 Å². The Balaban J connectivity index is 1.55. The van der Waals surface area contributed by atoms with Crippen LogP contribution in [0.25, 0.3) is 82.1 Å². The average Bonchev–Trinajstić information content (AvgIpc) is 3.58. The Labute approximate surface area is 230 Å². The highest BCUT2D eigenvalue weighted by molar-refractivity contribution is 6.39. The van der Waals surface area contributed by atoms with Crippen LogP contribution in [0, 0.1) is 0 Å². The molecule has 0 aliphatic rings. The molecule has 9 aromatic rings. The predicted molar refractivity (Wildman–Crippen MR) is 169 cm³/mol. The highest BCUT2D eigenvalue weighted by Crippen LogP contribution is 2.47. The molecular formula is C38H23NO. The van der Waals surface area contributed by atoms with Gasteiger partial charge in [-0.05, 0) is 51.6 Å². The SMILES string of the molecule is c1ccc(-c2cccc(-n3c4ccccc4c4c5ccc6ccccc6c5c5c6ccccc6oc5c43)c2)cc1. The van der Waals surface area contributed by atoms with Crippen molar-refractivity contribution in [3.8, 4) is 16.8 Å². The van der Waals surface area contributed by atoms with Gasteiger partial charge in [0.05, 0.1) is 11.0 Å². The van der Waals surface area contributed by atoms with Crippen LogP contribution in [0.15, 0.2) is 144 Å². The number of hydrogen-bond acceptors (Lipinski definition) is 1. The van der Waals surface area contributed by atoms with Gasteiger partial charge in [0.1, 0.15) is 5.58 Å². The van der Waals surface area contributed by atoms with E-state index in [1.165, 1.54) is 54.3 Å². The third kappa shape index (κ3) is 2.88. The van der Waals surface area contributed by atoms with Gasteiger partial charge in [0, 0.05) is 32.6 Å². The van der Waals surface area contributed by atoms with E-state index in [1.807, 2.05) is 0 Å². The maximum Gasteiger partial charge on any atom is 0.160 e. The summed E-state index contributed by atoms with van der Waals surface area (Å²) in [4.78, 5) is 0. The monoisotopic (exact) mass is 509 g/mol. The molecule has 2 heteroatoms. The second kappa shape index (κ2) is 8.08. The van der Waals surface area contributed by atoms with Crippen LogP contribution in [0.1, 0.15) is 0 Å². The molecule has 2 heterocycles. The largest absolute Gasteiger partial charge is 0.454 e. The van der Waals surface area contributed by atoms with Crippen molar-refractivity contribution < 1.29 is 4.42 Å². The second-order valence-electron chi connectivity index (χ2n) is 10.5. The molecule has 40 heavy (non-hydrogen) atoms. The number of benzene rings is 7. The molecule has 2 nitrogen and oxygen atoms in total.